The standard InChI is InChI=1S/C18H31O2/c1-2-3-4-5-6-7-8-9-10-11-12-13-14-15-16-17-18(19)20/h6-7,9-10H,2-5,8,11-17H2,1H3/b7-6+,10-9+. The fourth-order valence-electron chi connectivity index (χ4n) is 2.08. The van der Waals surface area contributed by atoms with E-state index in [-0.39, 0.29) is 6.42 Å². The van der Waals surface area contributed by atoms with Gasteiger partial charge >= 0.3 is 5.97 Å². The van der Waals surface area contributed by atoms with E-state index < -0.39 is 5.97 Å². The van der Waals surface area contributed by atoms with Crippen molar-refractivity contribution >= 4 is 5.97 Å². The first-order valence-electron chi connectivity index (χ1n) is 8.27. The number of rotatable bonds is 14. The fraction of sp³-hybridized carbons (Fsp3) is 0.722. The summed E-state index contributed by atoms with van der Waals surface area (Å²) in [6.07, 6.45) is 21.9. The molecule has 1 radical (unpaired) electrons. The van der Waals surface area contributed by atoms with Crippen molar-refractivity contribution in [3.63, 3.8) is 0 Å². The van der Waals surface area contributed by atoms with Gasteiger partial charge in [-0.25, -0.2) is 9.90 Å². The molecule has 0 spiro atoms. The predicted octanol–water partition coefficient (Wildman–Crippen LogP) is 5.76. The average Bonchev–Trinajstić information content (AvgIpc) is 2.43. The lowest BCUT2D eigenvalue weighted by Crippen LogP contribution is -1.91. The van der Waals surface area contributed by atoms with Crippen LogP contribution in [0.2, 0.25) is 0 Å². The van der Waals surface area contributed by atoms with Crippen LogP contribution < -0.4 is 0 Å². The highest BCUT2D eigenvalue weighted by Gasteiger charge is 1.97. The molecule has 0 aliphatic heterocycles. The second kappa shape index (κ2) is 16.0. The number of carbonyl (C=O) groups excluding carboxylic acids is 1. The topological polar surface area (TPSA) is 37.0 Å². The third-order valence-electron chi connectivity index (χ3n) is 3.33. The van der Waals surface area contributed by atoms with Crippen molar-refractivity contribution in [2.75, 3.05) is 0 Å². The summed E-state index contributed by atoms with van der Waals surface area (Å²) in [5, 5.41) is 10.2. The minimum absolute atomic E-state index is 0.213. The van der Waals surface area contributed by atoms with Crippen LogP contribution in [0.4, 0.5) is 0 Å². The molecule has 0 aromatic heterocycles. The lowest BCUT2D eigenvalue weighted by molar-refractivity contribution is -0.143. The molecule has 0 aromatic rings. The average molecular weight is 279 g/mol. The predicted molar refractivity (Wildman–Crippen MR) is 85.1 cm³/mol. The van der Waals surface area contributed by atoms with Crippen molar-refractivity contribution in [3.05, 3.63) is 24.3 Å². The van der Waals surface area contributed by atoms with Crippen molar-refractivity contribution < 1.29 is 9.90 Å². The Morgan fingerprint density at radius 3 is 1.90 bits per heavy atom. The third kappa shape index (κ3) is 16.9. The minimum atomic E-state index is -0.921. The number of hydrogen-bond acceptors (Lipinski definition) is 1. The van der Waals surface area contributed by atoms with Crippen LogP contribution in [0.5, 0.6) is 0 Å². The quantitative estimate of drug-likeness (QED) is 0.294. The summed E-state index contributed by atoms with van der Waals surface area (Å²) in [6.45, 7) is 2.23. The molecule has 0 aliphatic carbocycles. The van der Waals surface area contributed by atoms with Crippen LogP contribution in [-0.2, 0) is 9.90 Å². The molecule has 20 heavy (non-hydrogen) atoms. The van der Waals surface area contributed by atoms with E-state index in [0.29, 0.717) is 0 Å². The van der Waals surface area contributed by atoms with E-state index in [1.165, 1.54) is 38.5 Å². The summed E-state index contributed by atoms with van der Waals surface area (Å²) >= 11 is 0. The zero-order valence-corrected chi connectivity index (χ0v) is 13.1. The van der Waals surface area contributed by atoms with E-state index in [1.54, 1.807) is 0 Å². The highest BCUT2D eigenvalue weighted by atomic mass is 16.4. The zero-order valence-electron chi connectivity index (χ0n) is 13.1. The molecule has 0 atom stereocenters. The SMILES string of the molecule is CCCCC/C=C/C/C=C/CCCCCCCC([O])=O. The highest BCUT2D eigenvalue weighted by Crippen LogP contribution is 2.08. The summed E-state index contributed by atoms with van der Waals surface area (Å²) in [5.74, 6) is -0.921. The molecular formula is C18H31O2. The van der Waals surface area contributed by atoms with Crippen molar-refractivity contribution in [1.29, 1.82) is 0 Å². The van der Waals surface area contributed by atoms with Gasteiger partial charge in [0.1, 0.15) is 0 Å². The maximum atomic E-state index is 10.2. The Kier molecular flexibility index (Phi) is 15.2. The highest BCUT2D eigenvalue weighted by molar-refractivity contribution is 5.66. The van der Waals surface area contributed by atoms with E-state index in [4.69, 9.17) is 0 Å². The first-order valence-corrected chi connectivity index (χ1v) is 8.27. The van der Waals surface area contributed by atoms with Gasteiger partial charge in [-0.15, -0.1) is 0 Å². The first kappa shape index (κ1) is 18.9. The summed E-state index contributed by atoms with van der Waals surface area (Å²) in [5.41, 5.74) is 0. The normalized spacial score (nSPS) is 11.7. The number of allylic oxidation sites excluding steroid dienone is 4. The van der Waals surface area contributed by atoms with E-state index in [9.17, 15) is 9.90 Å². The van der Waals surface area contributed by atoms with E-state index >= 15 is 0 Å². The maximum absolute atomic E-state index is 10.2. The van der Waals surface area contributed by atoms with Gasteiger partial charge < -0.3 is 0 Å². The molecular weight excluding hydrogens is 248 g/mol. The summed E-state index contributed by atoms with van der Waals surface area (Å²) in [6, 6.07) is 0. The molecule has 2 heteroatoms. The first-order chi connectivity index (χ1) is 9.77. The van der Waals surface area contributed by atoms with Gasteiger partial charge in [-0.3, -0.25) is 0 Å². The van der Waals surface area contributed by atoms with Crippen LogP contribution in [0.25, 0.3) is 0 Å². The van der Waals surface area contributed by atoms with Gasteiger partial charge in [-0.1, -0.05) is 63.3 Å². The Balaban J connectivity index is 3.17. The molecule has 2 nitrogen and oxygen atoms in total. The molecule has 0 fully saturated rings. The second-order valence-corrected chi connectivity index (χ2v) is 5.35. The zero-order chi connectivity index (χ0) is 14.9. The van der Waals surface area contributed by atoms with E-state index in [2.05, 4.69) is 31.2 Å². The van der Waals surface area contributed by atoms with Crippen molar-refractivity contribution in [3.8, 4) is 0 Å². The monoisotopic (exact) mass is 279 g/mol. The van der Waals surface area contributed by atoms with Crippen molar-refractivity contribution in [2.45, 2.75) is 84.0 Å². The van der Waals surface area contributed by atoms with Gasteiger partial charge in [0.25, 0.3) is 0 Å². The van der Waals surface area contributed by atoms with Crippen LogP contribution in [0.3, 0.4) is 0 Å². The molecule has 0 rings (SSSR count). The minimum Gasteiger partial charge on any atom is -0.247 e. The lowest BCUT2D eigenvalue weighted by atomic mass is 10.1. The van der Waals surface area contributed by atoms with Gasteiger partial charge in [-0.2, -0.15) is 0 Å². The number of hydrogen-bond donors (Lipinski definition) is 0. The Morgan fingerprint density at radius 1 is 0.750 bits per heavy atom. The van der Waals surface area contributed by atoms with Crippen LogP contribution in [0, 0.1) is 0 Å². The third-order valence-corrected chi connectivity index (χ3v) is 3.33. The molecule has 0 saturated heterocycles. The fourth-order valence-corrected chi connectivity index (χ4v) is 2.08. The summed E-state index contributed by atoms with van der Waals surface area (Å²) in [4.78, 5) is 10.2. The lowest BCUT2D eigenvalue weighted by Gasteiger charge is -1.97. The Labute approximate surface area is 125 Å². The van der Waals surface area contributed by atoms with Gasteiger partial charge in [0.05, 0.1) is 6.42 Å². The van der Waals surface area contributed by atoms with Crippen LogP contribution in [-0.4, -0.2) is 5.97 Å². The van der Waals surface area contributed by atoms with Crippen LogP contribution in [0.15, 0.2) is 24.3 Å². The largest absolute Gasteiger partial charge is 0.355 e. The van der Waals surface area contributed by atoms with Gasteiger partial charge in [0, 0.05) is 0 Å². The number of unbranched alkanes of at least 4 members (excludes halogenated alkanes) is 8. The molecule has 0 saturated carbocycles. The molecule has 115 valence electrons. The number of carbonyl (C=O) groups is 1. The van der Waals surface area contributed by atoms with Crippen LogP contribution in [0.1, 0.15) is 84.0 Å². The summed E-state index contributed by atoms with van der Waals surface area (Å²) in [7, 11) is 0. The smallest absolute Gasteiger partial charge is 0.247 e. The molecule has 0 bridgehead atoms. The Bertz CT molecular complexity index is 267. The van der Waals surface area contributed by atoms with Crippen molar-refractivity contribution in [1.82, 2.24) is 0 Å². The van der Waals surface area contributed by atoms with Gasteiger partial charge in [0.2, 0.25) is 0 Å². The molecule has 0 unspecified atom stereocenters. The molecule has 0 heterocycles. The van der Waals surface area contributed by atoms with Gasteiger partial charge in [0.15, 0.2) is 0 Å². The van der Waals surface area contributed by atoms with Crippen LogP contribution >= 0.6 is 0 Å². The molecule has 0 aromatic carbocycles. The maximum Gasteiger partial charge on any atom is 0.355 e. The Hall–Kier alpha value is -1.05. The van der Waals surface area contributed by atoms with Crippen molar-refractivity contribution in [2.24, 2.45) is 0 Å². The van der Waals surface area contributed by atoms with E-state index in [1.807, 2.05) is 0 Å². The molecule has 0 aliphatic rings. The Morgan fingerprint density at radius 2 is 1.30 bits per heavy atom. The van der Waals surface area contributed by atoms with E-state index in [0.717, 1.165) is 32.1 Å². The molecule has 0 amide bonds. The summed E-state index contributed by atoms with van der Waals surface area (Å²) < 4.78 is 0. The molecule has 0 N–H and O–H groups in total. The van der Waals surface area contributed by atoms with Gasteiger partial charge in [-0.05, 0) is 38.5 Å². The second-order valence-electron chi connectivity index (χ2n) is 5.35.